The van der Waals surface area contributed by atoms with Crippen LogP contribution in [0.25, 0.3) is 49.4 Å². The predicted molar refractivity (Wildman–Crippen MR) is 256 cm³/mol. The summed E-state index contributed by atoms with van der Waals surface area (Å²) in [5.41, 5.74) is 18.9. The molecule has 0 radical (unpaired) electrons. The second-order valence-electron chi connectivity index (χ2n) is 14.6. The Morgan fingerprint density at radius 2 is 1.32 bits per heavy atom. The monoisotopic (exact) mass is 766 g/mol. The fourth-order valence-corrected chi connectivity index (χ4v) is 7.49. The maximum absolute atomic E-state index is 6.95. The molecule has 0 spiro atoms. The minimum Gasteiger partial charge on any atom is -0.384 e. The van der Waals surface area contributed by atoms with Crippen LogP contribution in [0.1, 0.15) is 43.0 Å². The number of nitrogens with two attached hydrogens (primary N) is 1. The summed E-state index contributed by atoms with van der Waals surface area (Å²) >= 11 is 0. The number of nitrogens with zero attached hydrogens (tertiary/aromatic N) is 1. The predicted octanol–water partition coefficient (Wildman–Crippen LogP) is 14.4. The number of fused-ring (bicyclic) bond motifs is 4. The lowest BCUT2D eigenvalue weighted by Gasteiger charge is -2.17. The summed E-state index contributed by atoms with van der Waals surface area (Å²) in [5.74, 6) is 0.133. The number of benzene rings is 7. The number of aromatic nitrogens is 1. The van der Waals surface area contributed by atoms with Gasteiger partial charge in [-0.2, -0.15) is 0 Å². The lowest BCUT2D eigenvalue weighted by molar-refractivity contribution is 1.15. The highest BCUT2D eigenvalue weighted by Gasteiger charge is 2.15. The normalized spacial score (nSPS) is 12.2. The molecule has 290 valence electrons. The van der Waals surface area contributed by atoms with Gasteiger partial charge in [0, 0.05) is 33.4 Å². The van der Waals surface area contributed by atoms with E-state index < -0.39 is 0 Å². The molecular weight excluding hydrogens is 717 g/mol. The van der Waals surface area contributed by atoms with Crippen LogP contribution in [0.15, 0.2) is 212 Å². The first kappa shape index (κ1) is 39.8. The molecule has 59 heavy (non-hydrogen) atoms. The minimum atomic E-state index is 0.133. The van der Waals surface area contributed by atoms with E-state index in [0.717, 1.165) is 40.2 Å². The number of amidine groups is 1. The molecule has 0 atom stereocenters. The average Bonchev–Trinajstić information content (AvgIpc) is 3.60. The van der Waals surface area contributed by atoms with Crippen molar-refractivity contribution in [2.75, 3.05) is 5.32 Å². The highest BCUT2D eigenvalue weighted by molar-refractivity contribution is 6.10. The summed E-state index contributed by atoms with van der Waals surface area (Å²) in [6.45, 7) is 10.0. The number of nitrogens with one attached hydrogen (secondary N) is 2. The molecule has 0 saturated carbocycles. The Morgan fingerprint density at radius 1 is 0.678 bits per heavy atom. The molecule has 0 aliphatic rings. The molecule has 8 aromatic rings. The van der Waals surface area contributed by atoms with Crippen LogP contribution in [0, 0.1) is 5.41 Å². The topological polar surface area (TPSA) is 66.8 Å². The first-order chi connectivity index (χ1) is 28.8. The van der Waals surface area contributed by atoms with E-state index in [9.17, 15) is 0 Å². The molecular formula is C55H50N4. The maximum Gasteiger partial charge on any atom is 0.118 e. The Kier molecular flexibility index (Phi) is 12.6. The van der Waals surface area contributed by atoms with Gasteiger partial charge < -0.3 is 15.6 Å². The van der Waals surface area contributed by atoms with Crippen molar-refractivity contribution < 1.29 is 0 Å². The van der Waals surface area contributed by atoms with E-state index in [1.54, 1.807) is 0 Å². The molecule has 8 rings (SSSR count). The van der Waals surface area contributed by atoms with Gasteiger partial charge in [0.2, 0.25) is 0 Å². The van der Waals surface area contributed by atoms with Crippen LogP contribution >= 0.6 is 0 Å². The third-order valence-corrected chi connectivity index (χ3v) is 10.5. The Morgan fingerprint density at radius 3 is 2.03 bits per heavy atom. The van der Waals surface area contributed by atoms with Crippen LogP contribution in [0.2, 0.25) is 0 Å². The van der Waals surface area contributed by atoms with E-state index >= 15 is 0 Å². The van der Waals surface area contributed by atoms with E-state index in [0.29, 0.717) is 0 Å². The lowest BCUT2D eigenvalue weighted by atomic mass is 9.93. The number of hydrogen-bond donors (Lipinski definition) is 3. The molecule has 1 heterocycles. The molecule has 1 aromatic heterocycles. The maximum atomic E-state index is 6.95. The van der Waals surface area contributed by atoms with Gasteiger partial charge in [-0.3, -0.25) is 5.41 Å². The molecule has 0 bridgehead atoms. The quantitative estimate of drug-likeness (QED) is 0.0697. The van der Waals surface area contributed by atoms with Crippen molar-refractivity contribution in [2.45, 2.75) is 27.2 Å². The molecule has 0 unspecified atom stereocenters. The van der Waals surface area contributed by atoms with Crippen molar-refractivity contribution in [1.82, 2.24) is 4.57 Å². The van der Waals surface area contributed by atoms with Gasteiger partial charge in [0.1, 0.15) is 5.84 Å². The van der Waals surface area contributed by atoms with Crippen LogP contribution in [-0.2, 0) is 6.42 Å². The van der Waals surface area contributed by atoms with Crippen LogP contribution in [0.4, 0.5) is 11.4 Å². The number of hydrogen-bond acceptors (Lipinski definition) is 2. The average molecular weight is 767 g/mol. The highest BCUT2D eigenvalue weighted by Crippen LogP contribution is 2.38. The summed E-state index contributed by atoms with van der Waals surface area (Å²) in [5, 5.41) is 15.5. The van der Waals surface area contributed by atoms with Gasteiger partial charge in [0.25, 0.3) is 0 Å². The molecule has 0 saturated heterocycles. The van der Waals surface area contributed by atoms with Crippen LogP contribution in [0.5, 0.6) is 0 Å². The molecule has 4 N–H and O–H groups in total. The molecule has 0 aliphatic heterocycles. The van der Waals surface area contributed by atoms with Gasteiger partial charge in [0.15, 0.2) is 0 Å². The zero-order valence-corrected chi connectivity index (χ0v) is 34.0. The van der Waals surface area contributed by atoms with Crippen molar-refractivity contribution in [3.63, 3.8) is 0 Å². The molecule has 4 heteroatoms. The van der Waals surface area contributed by atoms with E-state index in [1.165, 1.54) is 54.8 Å². The third-order valence-electron chi connectivity index (χ3n) is 10.5. The van der Waals surface area contributed by atoms with Crippen LogP contribution in [-0.4, -0.2) is 10.4 Å². The van der Waals surface area contributed by atoms with Crippen molar-refractivity contribution in [1.29, 1.82) is 5.41 Å². The second kappa shape index (κ2) is 18.7. The zero-order valence-electron chi connectivity index (χ0n) is 34.0. The van der Waals surface area contributed by atoms with E-state index in [1.807, 2.05) is 44.2 Å². The van der Waals surface area contributed by atoms with Gasteiger partial charge in [0.05, 0.1) is 11.0 Å². The van der Waals surface area contributed by atoms with Crippen molar-refractivity contribution in [3.8, 4) is 5.69 Å². The molecule has 4 nitrogen and oxygen atoms in total. The van der Waals surface area contributed by atoms with Gasteiger partial charge in [-0.15, -0.1) is 0 Å². The lowest BCUT2D eigenvalue weighted by Crippen LogP contribution is -2.09. The Bertz CT molecular complexity index is 2870. The Balaban J connectivity index is 0.000000528. The summed E-state index contributed by atoms with van der Waals surface area (Å²) in [6.07, 6.45) is 12.8. The molecule has 0 aliphatic carbocycles. The van der Waals surface area contributed by atoms with Crippen molar-refractivity contribution in [3.05, 3.63) is 235 Å². The SMILES string of the molecule is C/C=C\C=C(/C)C(=N)N.C=C/C=C(\C=C(/C)c1c(Nc2ccccc2)ccc2ccccc12)c1ccc2c(c1)c1ccccc1n2-c1ccc(Cc2ccccc2)cc1. The first-order valence-electron chi connectivity index (χ1n) is 20.0. The summed E-state index contributed by atoms with van der Waals surface area (Å²) < 4.78 is 2.39. The first-order valence-corrected chi connectivity index (χ1v) is 20.0. The van der Waals surface area contributed by atoms with E-state index in [2.05, 4.69) is 193 Å². The minimum absolute atomic E-state index is 0.133. The van der Waals surface area contributed by atoms with Gasteiger partial charge in [-0.05, 0) is 120 Å². The third kappa shape index (κ3) is 9.25. The van der Waals surface area contributed by atoms with Gasteiger partial charge in [-0.25, -0.2) is 0 Å². The molecule has 0 amide bonds. The fourth-order valence-electron chi connectivity index (χ4n) is 7.49. The number of rotatable bonds is 11. The van der Waals surface area contributed by atoms with Crippen molar-refractivity contribution >= 4 is 60.9 Å². The standard InChI is InChI=1S/C48H38N2.C7H12N2/c1-3-14-38(31-34(2)48-42-20-11-10-17-37(42)25-29-45(48)49-40-18-8-5-9-19-40)39-26-30-47-44(33-39)43-21-12-13-22-46(43)50(47)41-27-23-36(24-28-41)32-35-15-6-4-7-16-35;1-3-4-5-6(2)7(8)9/h3-31,33,49H,1,32H2,2H3;3-5H,1-2H3,(H3,8,9)/b34-31+,38-14+;4-3-,6-5+. The van der Waals surface area contributed by atoms with Crippen molar-refractivity contribution in [2.24, 2.45) is 5.73 Å². The van der Waals surface area contributed by atoms with Crippen LogP contribution in [0.3, 0.4) is 0 Å². The number of allylic oxidation sites excluding steroid dienone is 8. The Labute approximate surface area is 348 Å². The van der Waals surface area contributed by atoms with Gasteiger partial charge >= 0.3 is 0 Å². The summed E-state index contributed by atoms with van der Waals surface area (Å²) in [4.78, 5) is 0. The largest absolute Gasteiger partial charge is 0.384 e. The fraction of sp³-hybridized carbons (Fsp3) is 0.0727. The summed E-state index contributed by atoms with van der Waals surface area (Å²) in [7, 11) is 0. The molecule has 7 aromatic carbocycles. The van der Waals surface area contributed by atoms with Gasteiger partial charge in [-0.1, -0.05) is 158 Å². The van der Waals surface area contributed by atoms with E-state index in [4.69, 9.17) is 11.1 Å². The Hall–Kier alpha value is -7.43. The highest BCUT2D eigenvalue weighted by atomic mass is 15.0. The van der Waals surface area contributed by atoms with E-state index in [-0.39, 0.29) is 5.84 Å². The number of anilines is 2. The number of para-hydroxylation sites is 2. The second-order valence-corrected chi connectivity index (χ2v) is 14.6. The smallest absolute Gasteiger partial charge is 0.118 e. The van der Waals surface area contributed by atoms with Crippen LogP contribution < -0.4 is 11.1 Å². The zero-order chi connectivity index (χ0) is 41.1. The molecule has 0 fully saturated rings. The summed E-state index contributed by atoms with van der Waals surface area (Å²) in [6, 6.07) is 58.6.